The molecular formula is C15H18N2O2. The average Bonchev–Trinajstić information content (AvgIpc) is 2.90. The lowest BCUT2D eigenvalue weighted by Gasteiger charge is -2.11. The average molecular weight is 258 g/mol. The molecule has 0 radical (unpaired) electrons. The van der Waals surface area contributed by atoms with E-state index in [0.717, 1.165) is 17.5 Å². The molecule has 4 nitrogen and oxygen atoms in total. The van der Waals surface area contributed by atoms with Gasteiger partial charge in [-0.1, -0.05) is 17.9 Å². The predicted octanol–water partition coefficient (Wildman–Crippen LogP) is 0.824. The van der Waals surface area contributed by atoms with Crippen molar-refractivity contribution >= 4 is 5.91 Å². The second-order valence-electron chi connectivity index (χ2n) is 4.57. The summed E-state index contributed by atoms with van der Waals surface area (Å²) in [6.07, 6.45) is 0.872. The standard InChI is InChI=1S/C15H18N2O2/c1-11-4-5-13(9-12(11)3-2-7-16)15(18)17-14-6-8-19-10-14/h4-5,9,14H,6-8,10,16H2,1H3,(H,17,18). The Hall–Kier alpha value is -1.83. The van der Waals surface area contributed by atoms with Gasteiger partial charge in [0.25, 0.3) is 5.91 Å². The molecule has 0 saturated carbocycles. The normalized spacial score (nSPS) is 17.7. The van der Waals surface area contributed by atoms with Crippen LogP contribution in [0.25, 0.3) is 0 Å². The molecule has 1 aliphatic rings. The third kappa shape index (κ3) is 3.57. The van der Waals surface area contributed by atoms with Gasteiger partial charge in [0, 0.05) is 17.7 Å². The van der Waals surface area contributed by atoms with Gasteiger partial charge in [0.15, 0.2) is 0 Å². The summed E-state index contributed by atoms with van der Waals surface area (Å²) >= 11 is 0. The number of amides is 1. The number of aryl methyl sites for hydroxylation is 1. The molecule has 1 aromatic carbocycles. The third-order valence-corrected chi connectivity index (χ3v) is 3.09. The summed E-state index contributed by atoms with van der Waals surface area (Å²) in [5.74, 6) is 5.72. The molecule has 1 amide bonds. The number of carbonyl (C=O) groups is 1. The molecule has 19 heavy (non-hydrogen) atoms. The van der Waals surface area contributed by atoms with Gasteiger partial charge < -0.3 is 15.8 Å². The fourth-order valence-corrected chi connectivity index (χ4v) is 1.96. The van der Waals surface area contributed by atoms with Crippen molar-refractivity contribution in [1.82, 2.24) is 5.32 Å². The molecule has 1 heterocycles. The SMILES string of the molecule is Cc1ccc(C(=O)NC2CCOC2)cc1C#CCN. The summed E-state index contributed by atoms with van der Waals surface area (Å²) in [6, 6.07) is 5.64. The Morgan fingerprint density at radius 3 is 3.11 bits per heavy atom. The fourth-order valence-electron chi connectivity index (χ4n) is 1.96. The first-order valence-electron chi connectivity index (χ1n) is 6.39. The molecule has 0 aliphatic carbocycles. The van der Waals surface area contributed by atoms with E-state index in [1.165, 1.54) is 0 Å². The van der Waals surface area contributed by atoms with Crippen LogP contribution in [0, 0.1) is 18.8 Å². The zero-order valence-corrected chi connectivity index (χ0v) is 11.0. The summed E-state index contributed by atoms with van der Waals surface area (Å²) in [5.41, 5.74) is 7.88. The van der Waals surface area contributed by atoms with Crippen LogP contribution in [0.5, 0.6) is 0 Å². The first kappa shape index (κ1) is 13.6. The third-order valence-electron chi connectivity index (χ3n) is 3.09. The molecule has 4 heteroatoms. The minimum absolute atomic E-state index is 0.0775. The van der Waals surface area contributed by atoms with Crippen LogP contribution in [0.1, 0.15) is 27.9 Å². The van der Waals surface area contributed by atoms with Crippen LogP contribution in [-0.2, 0) is 4.74 Å². The summed E-state index contributed by atoms with van der Waals surface area (Å²) in [4.78, 5) is 12.1. The lowest BCUT2D eigenvalue weighted by molar-refractivity contribution is 0.0930. The molecule has 2 rings (SSSR count). The Morgan fingerprint density at radius 1 is 1.58 bits per heavy atom. The number of carbonyl (C=O) groups excluding carboxylic acids is 1. The number of rotatable bonds is 2. The number of benzene rings is 1. The Bertz CT molecular complexity index is 523. The summed E-state index contributed by atoms with van der Waals surface area (Å²) in [5, 5.41) is 2.96. The van der Waals surface area contributed by atoms with Crippen LogP contribution < -0.4 is 11.1 Å². The minimum atomic E-state index is -0.0775. The van der Waals surface area contributed by atoms with E-state index < -0.39 is 0 Å². The lowest BCUT2D eigenvalue weighted by Crippen LogP contribution is -2.35. The molecule has 1 fully saturated rings. The molecule has 1 atom stereocenters. The second-order valence-corrected chi connectivity index (χ2v) is 4.57. The van der Waals surface area contributed by atoms with E-state index in [1.807, 2.05) is 25.1 Å². The number of nitrogens with one attached hydrogen (secondary N) is 1. The number of hydrogen-bond donors (Lipinski definition) is 2. The molecule has 100 valence electrons. The van der Waals surface area contributed by atoms with Gasteiger partial charge in [0.05, 0.1) is 19.2 Å². The molecule has 0 aromatic heterocycles. The molecular weight excluding hydrogens is 240 g/mol. The largest absolute Gasteiger partial charge is 0.379 e. The van der Waals surface area contributed by atoms with Crippen LogP contribution in [0.4, 0.5) is 0 Å². The van der Waals surface area contributed by atoms with Crippen molar-refractivity contribution in [1.29, 1.82) is 0 Å². The molecule has 1 aromatic rings. The summed E-state index contributed by atoms with van der Waals surface area (Å²) < 4.78 is 5.24. The van der Waals surface area contributed by atoms with E-state index in [1.54, 1.807) is 0 Å². The van der Waals surface area contributed by atoms with E-state index in [9.17, 15) is 4.79 Å². The molecule has 1 unspecified atom stereocenters. The maximum Gasteiger partial charge on any atom is 0.251 e. The topological polar surface area (TPSA) is 64.3 Å². The van der Waals surface area contributed by atoms with E-state index in [-0.39, 0.29) is 11.9 Å². The van der Waals surface area contributed by atoms with E-state index in [4.69, 9.17) is 10.5 Å². The predicted molar refractivity (Wildman–Crippen MR) is 73.8 cm³/mol. The molecule has 1 saturated heterocycles. The van der Waals surface area contributed by atoms with Gasteiger partial charge >= 0.3 is 0 Å². The van der Waals surface area contributed by atoms with Crippen LogP contribution in [0.15, 0.2) is 18.2 Å². The first-order valence-corrected chi connectivity index (χ1v) is 6.39. The van der Waals surface area contributed by atoms with Gasteiger partial charge in [0.2, 0.25) is 0 Å². The maximum absolute atomic E-state index is 12.1. The Balaban J connectivity index is 2.12. The van der Waals surface area contributed by atoms with Crippen molar-refractivity contribution in [3.05, 3.63) is 34.9 Å². The zero-order valence-electron chi connectivity index (χ0n) is 11.0. The number of nitrogens with two attached hydrogens (primary N) is 1. The smallest absolute Gasteiger partial charge is 0.251 e. The highest BCUT2D eigenvalue weighted by Crippen LogP contribution is 2.11. The minimum Gasteiger partial charge on any atom is -0.379 e. The van der Waals surface area contributed by atoms with Crippen LogP contribution in [0.3, 0.4) is 0 Å². The van der Waals surface area contributed by atoms with Crippen molar-refractivity contribution in [3.63, 3.8) is 0 Å². The van der Waals surface area contributed by atoms with Gasteiger partial charge in [-0.2, -0.15) is 0 Å². The highest BCUT2D eigenvalue weighted by molar-refractivity contribution is 5.94. The molecule has 1 aliphatic heterocycles. The Kier molecular flexibility index (Phi) is 4.56. The quantitative estimate of drug-likeness (QED) is 0.772. The van der Waals surface area contributed by atoms with Crippen LogP contribution >= 0.6 is 0 Å². The summed E-state index contributed by atoms with van der Waals surface area (Å²) in [6.45, 7) is 3.59. The summed E-state index contributed by atoms with van der Waals surface area (Å²) in [7, 11) is 0. The fraction of sp³-hybridized carbons (Fsp3) is 0.400. The second kappa shape index (κ2) is 6.37. The van der Waals surface area contributed by atoms with E-state index >= 15 is 0 Å². The number of hydrogen-bond acceptors (Lipinski definition) is 3. The van der Waals surface area contributed by atoms with E-state index in [0.29, 0.717) is 25.3 Å². The lowest BCUT2D eigenvalue weighted by atomic mass is 10.0. The monoisotopic (exact) mass is 258 g/mol. The van der Waals surface area contributed by atoms with Gasteiger partial charge in [-0.3, -0.25) is 4.79 Å². The van der Waals surface area contributed by atoms with Gasteiger partial charge in [0.1, 0.15) is 0 Å². The zero-order chi connectivity index (χ0) is 13.7. The van der Waals surface area contributed by atoms with Crippen molar-refractivity contribution < 1.29 is 9.53 Å². The van der Waals surface area contributed by atoms with Crippen molar-refractivity contribution in [2.45, 2.75) is 19.4 Å². The maximum atomic E-state index is 12.1. The number of ether oxygens (including phenoxy) is 1. The molecule has 3 N–H and O–H groups in total. The van der Waals surface area contributed by atoms with Crippen molar-refractivity contribution in [2.75, 3.05) is 19.8 Å². The Labute approximate surface area is 113 Å². The van der Waals surface area contributed by atoms with E-state index in [2.05, 4.69) is 17.2 Å². The highest BCUT2D eigenvalue weighted by Gasteiger charge is 2.18. The van der Waals surface area contributed by atoms with Crippen LogP contribution in [0.2, 0.25) is 0 Å². The van der Waals surface area contributed by atoms with Gasteiger partial charge in [-0.05, 0) is 31.0 Å². The van der Waals surface area contributed by atoms with Crippen LogP contribution in [-0.4, -0.2) is 31.7 Å². The molecule has 0 bridgehead atoms. The van der Waals surface area contributed by atoms with Gasteiger partial charge in [-0.15, -0.1) is 0 Å². The molecule has 0 spiro atoms. The van der Waals surface area contributed by atoms with Gasteiger partial charge in [-0.25, -0.2) is 0 Å². The van der Waals surface area contributed by atoms with Crippen molar-refractivity contribution in [3.8, 4) is 11.8 Å². The highest BCUT2D eigenvalue weighted by atomic mass is 16.5. The van der Waals surface area contributed by atoms with Crippen molar-refractivity contribution in [2.24, 2.45) is 5.73 Å². The first-order chi connectivity index (χ1) is 9.20. The Morgan fingerprint density at radius 2 is 2.42 bits per heavy atom.